The Kier molecular flexibility index (Phi) is 5.55. The maximum atomic E-state index is 12.6. The first-order valence-electron chi connectivity index (χ1n) is 9.27. The van der Waals surface area contributed by atoms with Crippen LogP contribution < -0.4 is 10.0 Å². The van der Waals surface area contributed by atoms with Gasteiger partial charge in [-0.05, 0) is 18.2 Å². The molecule has 0 aliphatic heterocycles. The highest BCUT2D eigenvalue weighted by atomic mass is 32.2. The molecule has 2 heterocycles. The van der Waals surface area contributed by atoms with Gasteiger partial charge in [-0.2, -0.15) is 5.10 Å². The first-order valence-corrected chi connectivity index (χ1v) is 10.8. The van der Waals surface area contributed by atoms with Gasteiger partial charge in [-0.3, -0.25) is 4.79 Å². The number of sulfonamides is 1. The third kappa shape index (κ3) is 4.07. The van der Waals surface area contributed by atoms with Crippen LogP contribution in [-0.4, -0.2) is 42.0 Å². The van der Waals surface area contributed by atoms with Gasteiger partial charge in [0, 0.05) is 24.8 Å². The minimum absolute atomic E-state index is 0.0604. The Morgan fingerprint density at radius 3 is 2.37 bits per heavy atom. The molecule has 0 radical (unpaired) electrons. The Bertz CT molecular complexity index is 1270. The lowest BCUT2D eigenvalue weighted by atomic mass is 10.1. The number of amides is 1. The van der Waals surface area contributed by atoms with E-state index in [1.807, 2.05) is 36.4 Å². The average molecular weight is 421 g/mol. The topological polar surface area (TPSA) is 105 Å². The van der Waals surface area contributed by atoms with Gasteiger partial charge < -0.3 is 5.32 Å². The van der Waals surface area contributed by atoms with Gasteiger partial charge in [0.1, 0.15) is 5.56 Å². The first kappa shape index (κ1) is 19.7. The molecule has 4 rings (SSSR count). The molecule has 152 valence electrons. The van der Waals surface area contributed by atoms with E-state index >= 15 is 0 Å². The maximum absolute atomic E-state index is 12.6. The second kappa shape index (κ2) is 8.44. The van der Waals surface area contributed by atoms with Crippen LogP contribution in [0.25, 0.3) is 16.9 Å². The first-order chi connectivity index (χ1) is 14.6. The van der Waals surface area contributed by atoms with Gasteiger partial charge in [0.15, 0.2) is 5.65 Å². The zero-order valence-corrected chi connectivity index (χ0v) is 16.7. The number of fused-ring (bicyclic) bond motifs is 1. The highest BCUT2D eigenvalue weighted by molar-refractivity contribution is 7.89. The molecule has 2 N–H and O–H groups in total. The van der Waals surface area contributed by atoms with Gasteiger partial charge in [-0.15, -0.1) is 0 Å². The largest absolute Gasteiger partial charge is 0.351 e. The number of rotatable bonds is 7. The van der Waals surface area contributed by atoms with Crippen LogP contribution in [0.5, 0.6) is 0 Å². The maximum Gasteiger partial charge on any atom is 0.256 e. The lowest BCUT2D eigenvalue weighted by Gasteiger charge is -2.08. The van der Waals surface area contributed by atoms with Gasteiger partial charge >= 0.3 is 0 Å². The minimum Gasteiger partial charge on any atom is -0.351 e. The summed E-state index contributed by atoms with van der Waals surface area (Å²) in [4.78, 5) is 17.0. The molecule has 0 aliphatic carbocycles. The van der Waals surface area contributed by atoms with E-state index in [2.05, 4.69) is 20.1 Å². The lowest BCUT2D eigenvalue weighted by Crippen LogP contribution is -2.34. The summed E-state index contributed by atoms with van der Waals surface area (Å²) in [6.07, 6.45) is 3.09. The van der Waals surface area contributed by atoms with Crippen molar-refractivity contribution in [1.82, 2.24) is 24.6 Å². The van der Waals surface area contributed by atoms with E-state index in [0.717, 1.165) is 11.3 Å². The predicted octanol–water partition coefficient (Wildman–Crippen LogP) is 2.10. The summed E-state index contributed by atoms with van der Waals surface area (Å²) in [7, 11) is -3.61. The molecule has 0 saturated carbocycles. The van der Waals surface area contributed by atoms with E-state index in [4.69, 9.17) is 0 Å². The van der Waals surface area contributed by atoms with Crippen LogP contribution in [-0.2, 0) is 10.0 Å². The molecule has 30 heavy (non-hydrogen) atoms. The Hall–Kier alpha value is -3.56. The molecule has 0 unspecified atom stereocenters. The summed E-state index contributed by atoms with van der Waals surface area (Å²) in [6.45, 7) is 0.186. The SMILES string of the molecule is O=C(NCCNS(=O)(=O)c1ccccc1)c1cnn2c(-c3ccccc3)ccnc12. The van der Waals surface area contributed by atoms with Crippen molar-refractivity contribution >= 4 is 21.6 Å². The van der Waals surface area contributed by atoms with E-state index in [-0.39, 0.29) is 23.9 Å². The van der Waals surface area contributed by atoms with Crippen molar-refractivity contribution in [3.8, 4) is 11.3 Å². The number of nitrogens with one attached hydrogen (secondary N) is 2. The molecular formula is C21H19N5O3S. The number of carbonyl (C=O) groups excluding carboxylic acids is 1. The summed E-state index contributed by atoms with van der Waals surface area (Å²) in [6, 6.07) is 19.6. The van der Waals surface area contributed by atoms with Crippen molar-refractivity contribution in [3.05, 3.63) is 84.7 Å². The fourth-order valence-electron chi connectivity index (χ4n) is 3.02. The molecule has 9 heteroatoms. The summed E-state index contributed by atoms with van der Waals surface area (Å²) in [5.74, 6) is -0.373. The highest BCUT2D eigenvalue weighted by Gasteiger charge is 2.17. The smallest absolute Gasteiger partial charge is 0.256 e. The molecule has 2 aromatic carbocycles. The van der Waals surface area contributed by atoms with Gasteiger partial charge in [-0.25, -0.2) is 22.6 Å². The molecule has 0 aliphatic rings. The monoisotopic (exact) mass is 421 g/mol. The standard InChI is InChI=1S/C21H19N5O3S/c27-21(23-13-14-25-30(28,29)17-9-5-2-6-10-17)18-15-24-26-19(11-12-22-20(18)26)16-7-3-1-4-8-16/h1-12,15,25H,13-14H2,(H,23,27). The normalized spacial score (nSPS) is 11.5. The van der Waals surface area contributed by atoms with Crippen molar-refractivity contribution in [3.63, 3.8) is 0 Å². The Balaban J connectivity index is 1.43. The molecule has 0 bridgehead atoms. The van der Waals surface area contributed by atoms with Crippen LogP contribution in [0.2, 0.25) is 0 Å². The molecule has 8 nitrogen and oxygen atoms in total. The third-order valence-corrected chi connectivity index (χ3v) is 5.95. The van der Waals surface area contributed by atoms with Crippen molar-refractivity contribution in [2.75, 3.05) is 13.1 Å². The van der Waals surface area contributed by atoms with Crippen LogP contribution in [0.4, 0.5) is 0 Å². The number of aromatic nitrogens is 3. The third-order valence-electron chi connectivity index (χ3n) is 4.47. The predicted molar refractivity (Wildman–Crippen MR) is 112 cm³/mol. The zero-order valence-electron chi connectivity index (χ0n) is 15.9. The molecule has 4 aromatic rings. The Labute approximate surface area is 173 Å². The van der Waals surface area contributed by atoms with Crippen LogP contribution in [0.1, 0.15) is 10.4 Å². The fourth-order valence-corrected chi connectivity index (χ4v) is 4.07. The van der Waals surface area contributed by atoms with E-state index < -0.39 is 10.0 Å². The molecule has 1 amide bonds. The van der Waals surface area contributed by atoms with E-state index in [0.29, 0.717) is 11.2 Å². The van der Waals surface area contributed by atoms with Gasteiger partial charge in [-0.1, -0.05) is 48.5 Å². The van der Waals surface area contributed by atoms with Gasteiger partial charge in [0.2, 0.25) is 10.0 Å². The lowest BCUT2D eigenvalue weighted by molar-refractivity contribution is 0.0955. The Morgan fingerprint density at radius 2 is 1.63 bits per heavy atom. The quantitative estimate of drug-likeness (QED) is 0.445. The second-order valence-electron chi connectivity index (χ2n) is 6.46. The van der Waals surface area contributed by atoms with Crippen molar-refractivity contribution in [2.24, 2.45) is 0 Å². The summed E-state index contributed by atoms with van der Waals surface area (Å²) in [5.41, 5.74) is 2.52. The fraction of sp³-hybridized carbons (Fsp3) is 0.0952. The summed E-state index contributed by atoms with van der Waals surface area (Å²) < 4.78 is 28.5. The van der Waals surface area contributed by atoms with E-state index in [9.17, 15) is 13.2 Å². The summed E-state index contributed by atoms with van der Waals surface area (Å²) >= 11 is 0. The Morgan fingerprint density at radius 1 is 0.933 bits per heavy atom. The molecule has 0 atom stereocenters. The average Bonchev–Trinajstić information content (AvgIpc) is 3.22. The van der Waals surface area contributed by atoms with Crippen LogP contribution >= 0.6 is 0 Å². The summed E-state index contributed by atoms with van der Waals surface area (Å²) in [5, 5.41) is 7.01. The molecule has 2 aromatic heterocycles. The number of hydrogen-bond acceptors (Lipinski definition) is 5. The molecule has 0 fully saturated rings. The molecule has 0 spiro atoms. The van der Waals surface area contributed by atoms with Crippen molar-refractivity contribution in [2.45, 2.75) is 4.90 Å². The number of benzene rings is 2. The number of nitrogens with zero attached hydrogens (tertiary/aromatic N) is 3. The van der Waals surface area contributed by atoms with Crippen LogP contribution in [0, 0.1) is 0 Å². The van der Waals surface area contributed by atoms with E-state index in [1.165, 1.54) is 18.3 Å². The van der Waals surface area contributed by atoms with E-state index in [1.54, 1.807) is 28.9 Å². The second-order valence-corrected chi connectivity index (χ2v) is 8.22. The number of hydrogen-bond donors (Lipinski definition) is 2. The van der Waals surface area contributed by atoms with Crippen molar-refractivity contribution < 1.29 is 13.2 Å². The zero-order chi connectivity index (χ0) is 21.0. The van der Waals surface area contributed by atoms with Gasteiger partial charge in [0.25, 0.3) is 5.91 Å². The van der Waals surface area contributed by atoms with Gasteiger partial charge in [0.05, 0.1) is 16.8 Å². The van der Waals surface area contributed by atoms with Crippen LogP contribution in [0.15, 0.2) is 84.0 Å². The molecular weight excluding hydrogens is 402 g/mol. The minimum atomic E-state index is -3.61. The van der Waals surface area contributed by atoms with Crippen LogP contribution in [0.3, 0.4) is 0 Å². The number of carbonyl (C=O) groups is 1. The highest BCUT2D eigenvalue weighted by Crippen LogP contribution is 2.20. The van der Waals surface area contributed by atoms with Crippen molar-refractivity contribution in [1.29, 1.82) is 0 Å². The molecule has 0 saturated heterocycles.